The molecule has 11 heavy (non-hydrogen) atoms. The molecule has 3 heteroatoms. The van der Waals surface area contributed by atoms with E-state index in [-0.39, 0.29) is 5.57 Å². The molecular formula is C8H10N2O. The highest BCUT2D eigenvalue weighted by Crippen LogP contribution is 1.90. The summed E-state index contributed by atoms with van der Waals surface area (Å²) in [5.41, 5.74) is 1.03. The van der Waals surface area contributed by atoms with Crippen LogP contribution in [0.25, 0.3) is 0 Å². The van der Waals surface area contributed by atoms with Crippen LogP contribution in [0.2, 0.25) is 0 Å². The zero-order valence-corrected chi connectivity index (χ0v) is 6.59. The van der Waals surface area contributed by atoms with E-state index in [1.807, 2.05) is 6.92 Å². The van der Waals surface area contributed by atoms with Crippen molar-refractivity contribution >= 4 is 6.29 Å². The summed E-state index contributed by atoms with van der Waals surface area (Å²) in [6, 6.07) is 1.75. The smallest absolute Gasteiger partial charge is 0.160 e. The maximum absolute atomic E-state index is 10.1. The van der Waals surface area contributed by atoms with E-state index >= 15 is 0 Å². The molecule has 0 aliphatic heterocycles. The average molecular weight is 150 g/mol. The van der Waals surface area contributed by atoms with Gasteiger partial charge in [0, 0.05) is 12.7 Å². The summed E-state index contributed by atoms with van der Waals surface area (Å²) in [5, 5.41) is 11.2. The molecule has 0 amide bonds. The molecule has 0 spiro atoms. The number of nitrogens with zero attached hydrogens (tertiary/aromatic N) is 1. The molecule has 0 fully saturated rings. The van der Waals surface area contributed by atoms with Crippen molar-refractivity contribution in [2.75, 3.05) is 7.05 Å². The molecule has 0 aromatic carbocycles. The van der Waals surface area contributed by atoms with Gasteiger partial charge in [0.15, 0.2) is 6.29 Å². The van der Waals surface area contributed by atoms with Crippen molar-refractivity contribution in [2.24, 2.45) is 0 Å². The van der Waals surface area contributed by atoms with E-state index in [0.29, 0.717) is 6.29 Å². The van der Waals surface area contributed by atoms with Gasteiger partial charge in [-0.15, -0.1) is 0 Å². The van der Waals surface area contributed by atoms with Gasteiger partial charge in [-0.25, -0.2) is 0 Å². The number of aldehydes is 1. The Hall–Kier alpha value is -1.56. The molecule has 1 N–H and O–H groups in total. The second kappa shape index (κ2) is 5.24. The summed E-state index contributed by atoms with van der Waals surface area (Å²) in [6.07, 6.45) is 3.67. The molecule has 0 rings (SSSR count). The fraction of sp³-hybridized carbons (Fsp3) is 0.250. The van der Waals surface area contributed by atoms with Gasteiger partial charge in [0.1, 0.15) is 6.07 Å². The van der Waals surface area contributed by atoms with Crippen LogP contribution in [0.1, 0.15) is 6.92 Å². The van der Waals surface area contributed by atoms with Gasteiger partial charge in [0.25, 0.3) is 0 Å². The van der Waals surface area contributed by atoms with Gasteiger partial charge in [-0.3, -0.25) is 4.79 Å². The number of nitrogens with one attached hydrogen (secondary N) is 1. The third-order valence-electron chi connectivity index (χ3n) is 1.16. The number of hydrogen-bond donors (Lipinski definition) is 1. The first kappa shape index (κ1) is 9.44. The second-order valence-electron chi connectivity index (χ2n) is 1.95. The molecule has 0 aliphatic rings. The number of carbonyl (C=O) groups is 1. The van der Waals surface area contributed by atoms with Crippen LogP contribution >= 0.6 is 0 Å². The van der Waals surface area contributed by atoms with E-state index in [0.717, 1.165) is 5.70 Å². The number of rotatable bonds is 3. The SMILES string of the molecule is CN/C(C)=C\C=C(\C#N)C=O. The average Bonchev–Trinajstić information content (AvgIpc) is 2.06. The Morgan fingerprint density at radius 2 is 2.18 bits per heavy atom. The molecule has 0 bridgehead atoms. The van der Waals surface area contributed by atoms with Crippen molar-refractivity contribution in [3.63, 3.8) is 0 Å². The number of allylic oxidation sites excluding steroid dienone is 4. The zero-order valence-electron chi connectivity index (χ0n) is 6.59. The van der Waals surface area contributed by atoms with E-state index < -0.39 is 0 Å². The van der Waals surface area contributed by atoms with Gasteiger partial charge < -0.3 is 5.32 Å². The summed E-state index contributed by atoms with van der Waals surface area (Å²) >= 11 is 0. The summed E-state index contributed by atoms with van der Waals surface area (Å²) in [7, 11) is 1.77. The molecule has 0 saturated carbocycles. The lowest BCUT2D eigenvalue weighted by Crippen LogP contribution is -2.00. The minimum absolute atomic E-state index is 0.125. The van der Waals surface area contributed by atoms with Crippen LogP contribution in [0.15, 0.2) is 23.4 Å². The predicted octanol–water partition coefficient (Wildman–Crippen LogP) is 0.758. The van der Waals surface area contributed by atoms with Crippen LogP contribution in [0.3, 0.4) is 0 Å². The first-order valence-electron chi connectivity index (χ1n) is 3.16. The van der Waals surface area contributed by atoms with Gasteiger partial charge in [-0.2, -0.15) is 5.26 Å². The highest BCUT2D eigenvalue weighted by molar-refractivity contribution is 5.79. The molecule has 0 atom stereocenters. The van der Waals surface area contributed by atoms with Gasteiger partial charge in [-0.1, -0.05) is 0 Å². The monoisotopic (exact) mass is 150 g/mol. The fourth-order valence-corrected chi connectivity index (χ4v) is 0.401. The zero-order chi connectivity index (χ0) is 8.69. The van der Waals surface area contributed by atoms with Crippen molar-refractivity contribution in [1.82, 2.24) is 5.32 Å². The van der Waals surface area contributed by atoms with Crippen molar-refractivity contribution in [1.29, 1.82) is 5.26 Å². The first-order chi connectivity index (χ1) is 5.24. The molecule has 0 aliphatic carbocycles. The van der Waals surface area contributed by atoms with Crippen LogP contribution in [-0.2, 0) is 4.79 Å². The predicted molar refractivity (Wildman–Crippen MR) is 42.6 cm³/mol. The van der Waals surface area contributed by atoms with Gasteiger partial charge >= 0.3 is 0 Å². The first-order valence-corrected chi connectivity index (χ1v) is 3.16. The van der Waals surface area contributed by atoms with Gasteiger partial charge in [0.05, 0.1) is 5.57 Å². The molecule has 0 radical (unpaired) electrons. The molecular weight excluding hydrogens is 140 g/mol. The Bertz CT molecular complexity index is 233. The quantitative estimate of drug-likeness (QED) is 0.279. The lowest BCUT2D eigenvalue weighted by Gasteiger charge is -1.93. The summed E-state index contributed by atoms with van der Waals surface area (Å²) < 4.78 is 0. The third-order valence-corrected chi connectivity index (χ3v) is 1.16. The van der Waals surface area contributed by atoms with Crippen molar-refractivity contribution in [2.45, 2.75) is 6.92 Å². The summed E-state index contributed by atoms with van der Waals surface area (Å²) in [5.74, 6) is 0. The van der Waals surface area contributed by atoms with E-state index in [2.05, 4.69) is 5.32 Å². The van der Waals surface area contributed by atoms with Crippen LogP contribution in [-0.4, -0.2) is 13.3 Å². The molecule has 0 unspecified atom stereocenters. The van der Waals surface area contributed by atoms with Crippen molar-refractivity contribution in [3.05, 3.63) is 23.4 Å². The van der Waals surface area contributed by atoms with Gasteiger partial charge in [-0.05, 0) is 19.1 Å². The summed E-state index contributed by atoms with van der Waals surface area (Å²) in [6.45, 7) is 1.84. The highest BCUT2D eigenvalue weighted by Gasteiger charge is 1.87. The number of carbonyl (C=O) groups excluding carboxylic acids is 1. The van der Waals surface area contributed by atoms with Crippen molar-refractivity contribution in [3.8, 4) is 6.07 Å². The van der Waals surface area contributed by atoms with E-state index in [4.69, 9.17) is 5.26 Å². The Labute approximate surface area is 66.0 Å². The lowest BCUT2D eigenvalue weighted by atomic mass is 10.3. The fourth-order valence-electron chi connectivity index (χ4n) is 0.401. The number of nitriles is 1. The highest BCUT2D eigenvalue weighted by atomic mass is 16.1. The van der Waals surface area contributed by atoms with Gasteiger partial charge in [0.2, 0.25) is 0 Å². The van der Waals surface area contributed by atoms with Crippen molar-refractivity contribution < 1.29 is 4.79 Å². The van der Waals surface area contributed by atoms with E-state index in [1.54, 1.807) is 19.2 Å². The summed E-state index contributed by atoms with van der Waals surface area (Å²) in [4.78, 5) is 10.1. The standard InChI is InChI=1S/C8H10N2O/c1-7(10-2)3-4-8(5-9)6-11/h3-4,6,10H,1-2H3/b7-3-,8-4-. The maximum Gasteiger partial charge on any atom is 0.160 e. The molecule has 0 saturated heterocycles. The minimum atomic E-state index is 0.125. The Morgan fingerprint density at radius 3 is 2.55 bits per heavy atom. The second-order valence-corrected chi connectivity index (χ2v) is 1.95. The number of hydrogen-bond acceptors (Lipinski definition) is 3. The lowest BCUT2D eigenvalue weighted by molar-refractivity contribution is -0.104. The minimum Gasteiger partial charge on any atom is -0.392 e. The van der Waals surface area contributed by atoms with Crippen LogP contribution in [0.5, 0.6) is 0 Å². The Balaban J connectivity index is 4.33. The molecule has 58 valence electrons. The molecule has 0 aromatic rings. The topological polar surface area (TPSA) is 52.9 Å². The Morgan fingerprint density at radius 1 is 1.55 bits per heavy atom. The van der Waals surface area contributed by atoms with Crippen LogP contribution < -0.4 is 5.32 Å². The van der Waals surface area contributed by atoms with Crippen LogP contribution in [0.4, 0.5) is 0 Å². The molecule has 3 nitrogen and oxygen atoms in total. The largest absolute Gasteiger partial charge is 0.392 e. The van der Waals surface area contributed by atoms with E-state index in [9.17, 15) is 4.79 Å². The Kier molecular flexibility index (Phi) is 4.50. The van der Waals surface area contributed by atoms with Crippen LogP contribution in [0, 0.1) is 11.3 Å². The third kappa shape index (κ3) is 3.93. The molecule has 0 aromatic heterocycles. The normalized spacial score (nSPS) is 12.1. The van der Waals surface area contributed by atoms with E-state index in [1.165, 1.54) is 6.08 Å². The molecule has 0 heterocycles. The maximum atomic E-state index is 10.1.